The van der Waals surface area contributed by atoms with Crippen molar-refractivity contribution in [3.05, 3.63) is 77.2 Å². The lowest BCUT2D eigenvalue weighted by atomic mass is 10.2. The zero-order valence-electron chi connectivity index (χ0n) is 9.75. The van der Waals surface area contributed by atoms with Crippen molar-refractivity contribution in [1.29, 1.82) is 0 Å². The third kappa shape index (κ3) is 4.49. The second-order valence-corrected chi connectivity index (χ2v) is 4.83. The molecule has 0 aliphatic rings. The van der Waals surface area contributed by atoms with E-state index >= 15 is 0 Å². The Morgan fingerprint density at radius 3 is 2.18 bits per heavy atom. The van der Waals surface area contributed by atoms with Gasteiger partial charge in [0.25, 0.3) is 0 Å². The van der Waals surface area contributed by atoms with E-state index in [0.717, 1.165) is 12.2 Å². The van der Waals surface area contributed by atoms with Crippen LogP contribution in [-0.2, 0) is 6.42 Å². The van der Waals surface area contributed by atoms with Crippen LogP contribution in [0.15, 0.2) is 66.1 Å². The largest absolute Gasteiger partial charge is 0.134 e. The fourth-order valence-corrected chi connectivity index (χ4v) is 2.32. The molecule has 0 N–H and O–H groups in total. The number of hydrogen-bond donors (Lipinski definition) is 0. The molecule has 17 heavy (non-hydrogen) atoms. The minimum atomic E-state index is 1.13. The number of hydrogen-bond acceptors (Lipinski definition) is 1. The molecule has 0 radical (unpaired) electrons. The summed E-state index contributed by atoms with van der Waals surface area (Å²) in [6.45, 7) is 0. The van der Waals surface area contributed by atoms with Crippen molar-refractivity contribution in [1.82, 2.24) is 0 Å². The molecule has 0 bridgehead atoms. The average Bonchev–Trinajstić information content (AvgIpc) is 2.41. The molecule has 0 aliphatic heterocycles. The van der Waals surface area contributed by atoms with Crippen LogP contribution in [0.2, 0.25) is 0 Å². The van der Waals surface area contributed by atoms with Crippen LogP contribution in [0.3, 0.4) is 0 Å². The highest BCUT2D eigenvalue weighted by Crippen LogP contribution is 2.10. The molecule has 0 fully saturated rings. The van der Waals surface area contributed by atoms with E-state index in [1.807, 2.05) is 17.8 Å². The molecule has 0 saturated carbocycles. The van der Waals surface area contributed by atoms with E-state index in [2.05, 4.69) is 66.1 Å². The highest BCUT2D eigenvalue weighted by Gasteiger charge is 1.90. The van der Waals surface area contributed by atoms with Gasteiger partial charge in [-0.15, -0.1) is 11.8 Å². The van der Waals surface area contributed by atoms with Gasteiger partial charge in [0.05, 0.1) is 0 Å². The number of benzene rings is 2. The minimum absolute atomic E-state index is 1.13. The highest BCUT2D eigenvalue weighted by molar-refractivity contribution is 8.02. The topological polar surface area (TPSA) is 0 Å². The van der Waals surface area contributed by atoms with Gasteiger partial charge in [-0.2, -0.15) is 0 Å². The number of aryl methyl sites for hydroxylation is 1. The van der Waals surface area contributed by atoms with Crippen molar-refractivity contribution >= 4 is 17.8 Å². The Hall–Kier alpha value is -1.47. The van der Waals surface area contributed by atoms with Crippen LogP contribution < -0.4 is 0 Å². The first-order valence-corrected chi connectivity index (χ1v) is 6.87. The van der Waals surface area contributed by atoms with Crippen molar-refractivity contribution in [2.75, 3.05) is 5.75 Å². The molecule has 86 valence electrons. The van der Waals surface area contributed by atoms with Crippen molar-refractivity contribution < 1.29 is 0 Å². The second-order valence-electron chi connectivity index (χ2n) is 3.82. The summed E-state index contributed by atoms with van der Waals surface area (Å²) in [6.07, 6.45) is 3.29. The summed E-state index contributed by atoms with van der Waals surface area (Å²) in [5, 5.41) is 2.18. The van der Waals surface area contributed by atoms with Crippen LogP contribution in [0.4, 0.5) is 0 Å². The van der Waals surface area contributed by atoms with E-state index in [9.17, 15) is 0 Å². The van der Waals surface area contributed by atoms with E-state index < -0.39 is 0 Å². The van der Waals surface area contributed by atoms with Crippen LogP contribution in [0.5, 0.6) is 0 Å². The molecule has 0 aromatic heterocycles. The van der Waals surface area contributed by atoms with E-state index in [1.165, 1.54) is 11.1 Å². The molecule has 2 aromatic carbocycles. The van der Waals surface area contributed by atoms with E-state index in [-0.39, 0.29) is 0 Å². The van der Waals surface area contributed by atoms with Crippen molar-refractivity contribution in [2.24, 2.45) is 0 Å². The van der Waals surface area contributed by atoms with Gasteiger partial charge >= 0.3 is 0 Å². The first kappa shape index (κ1) is 12.0. The SMILES string of the molecule is C(=C/c1ccccc1)/SCCc1ccccc1. The fraction of sp³-hybridized carbons (Fsp3) is 0.125. The summed E-state index contributed by atoms with van der Waals surface area (Å²) in [4.78, 5) is 0. The molecule has 0 nitrogen and oxygen atoms in total. The maximum absolute atomic E-state index is 2.18. The smallest absolute Gasteiger partial charge is 0.00146 e. The van der Waals surface area contributed by atoms with Gasteiger partial charge in [0.1, 0.15) is 0 Å². The molecular weight excluding hydrogens is 224 g/mol. The lowest BCUT2D eigenvalue weighted by molar-refractivity contribution is 1.16. The van der Waals surface area contributed by atoms with Crippen molar-refractivity contribution in [3.8, 4) is 0 Å². The van der Waals surface area contributed by atoms with Gasteiger partial charge in [-0.05, 0) is 29.0 Å². The van der Waals surface area contributed by atoms with Gasteiger partial charge in [-0.1, -0.05) is 60.7 Å². The van der Waals surface area contributed by atoms with E-state index in [0.29, 0.717) is 0 Å². The van der Waals surface area contributed by atoms with Crippen molar-refractivity contribution in [3.63, 3.8) is 0 Å². The molecule has 0 unspecified atom stereocenters. The summed E-state index contributed by atoms with van der Waals surface area (Å²) in [7, 11) is 0. The van der Waals surface area contributed by atoms with Crippen LogP contribution >= 0.6 is 11.8 Å². The molecule has 0 saturated heterocycles. The zero-order valence-corrected chi connectivity index (χ0v) is 10.6. The molecule has 0 atom stereocenters. The van der Waals surface area contributed by atoms with Gasteiger partial charge < -0.3 is 0 Å². The van der Waals surface area contributed by atoms with Crippen LogP contribution in [0.25, 0.3) is 6.08 Å². The van der Waals surface area contributed by atoms with Crippen LogP contribution in [0.1, 0.15) is 11.1 Å². The lowest BCUT2D eigenvalue weighted by Crippen LogP contribution is -1.85. The molecular formula is C16H16S. The Morgan fingerprint density at radius 1 is 0.824 bits per heavy atom. The van der Waals surface area contributed by atoms with Crippen LogP contribution in [-0.4, -0.2) is 5.75 Å². The number of thioether (sulfide) groups is 1. The van der Waals surface area contributed by atoms with Gasteiger partial charge in [0.2, 0.25) is 0 Å². The quantitative estimate of drug-likeness (QED) is 0.686. The summed E-state index contributed by atoms with van der Waals surface area (Å²) < 4.78 is 0. The van der Waals surface area contributed by atoms with Gasteiger partial charge in [0, 0.05) is 5.75 Å². The van der Waals surface area contributed by atoms with Gasteiger partial charge in [-0.3, -0.25) is 0 Å². The first-order chi connectivity index (χ1) is 8.45. The Bertz CT molecular complexity index is 445. The molecule has 2 aromatic rings. The molecule has 2 rings (SSSR count). The molecule has 0 aliphatic carbocycles. The third-order valence-electron chi connectivity index (χ3n) is 2.51. The lowest BCUT2D eigenvalue weighted by Gasteiger charge is -1.98. The summed E-state index contributed by atoms with van der Waals surface area (Å²) in [6, 6.07) is 21.0. The van der Waals surface area contributed by atoms with Gasteiger partial charge in [0.15, 0.2) is 0 Å². The minimum Gasteiger partial charge on any atom is -0.134 e. The van der Waals surface area contributed by atoms with E-state index in [4.69, 9.17) is 0 Å². The molecule has 1 heteroatoms. The third-order valence-corrected chi connectivity index (χ3v) is 3.28. The first-order valence-electron chi connectivity index (χ1n) is 5.82. The van der Waals surface area contributed by atoms with E-state index in [1.54, 1.807) is 0 Å². The summed E-state index contributed by atoms with van der Waals surface area (Å²) in [5.74, 6) is 1.13. The molecule has 0 spiro atoms. The predicted molar refractivity (Wildman–Crippen MR) is 78.1 cm³/mol. The van der Waals surface area contributed by atoms with Crippen molar-refractivity contribution in [2.45, 2.75) is 6.42 Å². The summed E-state index contributed by atoms with van der Waals surface area (Å²) in [5.41, 5.74) is 2.67. The summed E-state index contributed by atoms with van der Waals surface area (Å²) >= 11 is 1.86. The standard InChI is InChI=1S/C16H16S/c1-3-7-15(8-4-1)11-13-17-14-12-16-9-5-2-6-10-16/h1-11,13H,12,14H2/b13-11-. The van der Waals surface area contributed by atoms with Gasteiger partial charge in [-0.25, -0.2) is 0 Å². The number of rotatable bonds is 5. The Morgan fingerprint density at radius 2 is 1.47 bits per heavy atom. The fourth-order valence-electron chi connectivity index (χ4n) is 1.58. The highest BCUT2D eigenvalue weighted by atomic mass is 32.2. The normalized spacial score (nSPS) is 10.8. The molecule has 0 amide bonds. The predicted octanol–water partition coefficient (Wildman–Crippen LogP) is 4.63. The Labute approximate surface area is 107 Å². The van der Waals surface area contributed by atoms with Crippen LogP contribution in [0, 0.1) is 0 Å². The Balaban J connectivity index is 1.72. The molecule has 0 heterocycles. The Kier molecular flexibility index (Phi) is 4.92. The second kappa shape index (κ2) is 6.97. The maximum Gasteiger partial charge on any atom is 0.00146 e. The zero-order chi connectivity index (χ0) is 11.8. The maximum atomic E-state index is 2.18. The monoisotopic (exact) mass is 240 g/mol. The average molecular weight is 240 g/mol.